The average Bonchev–Trinajstić information content (AvgIpc) is 2.82. The van der Waals surface area contributed by atoms with Crippen LogP contribution in [0.2, 0.25) is 0 Å². The fourth-order valence-corrected chi connectivity index (χ4v) is 1.74. The predicted octanol–water partition coefficient (Wildman–Crippen LogP) is 1.95. The molecule has 0 unspecified atom stereocenters. The average molecular weight is 199 g/mol. The Morgan fingerprint density at radius 1 is 1.27 bits per heavy atom. The van der Waals surface area contributed by atoms with Crippen LogP contribution in [0.5, 0.6) is 0 Å². The summed E-state index contributed by atoms with van der Waals surface area (Å²) in [5.41, 5.74) is 1.77. The second kappa shape index (κ2) is 2.98. The van der Waals surface area contributed by atoms with Gasteiger partial charge in [-0.1, -0.05) is 18.2 Å². The number of para-hydroxylation sites is 1. The highest BCUT2D eigenvalue weighted by atomic mass is 16.3. The van der Waals surface area contributed by atoms with E-state index in [0.29, 0.717) is 6.54 Å². The first-order chi connectivity index (χ1) is 7.33. The first-order valence-electron chi connectivity index (χ1n) is 4.80. The quantitative estimate of drug-likeness (QED) is 0.762. The summed E-state index contributed by atoms with van der Waals surface area (Å²) in [6, 6.07) is 9.77. The lowest BCUT2D eigenvalue weighted by Gasteiger charge is -1.93. The van der Waals surface area contributed by atoms with Crippen molar-refractivity contribution in [3.05, 3.63) is 42.2 Å². The van der Waals surface area contributed by atoms with Crippen LogP contribution >= 0.6 is 0 Å². The summed E-state index contributed by atoms with van der Waals surface area (Å²) < 4.78 is 5.64. The molecule has 0 atom stereocenters. The first-order valence-corrected chi connectivity index (χ1v) is 4.80. The maximum Gasteiger partial charge on any atom is 0.244 e. The molecule has 1 aromatic carbocycles. The van der Waals surface area contributed by atoms with E-state index in [9.17, 15) is 4.79 Å². The van der Waals surface area contributed by atoms with Crippen LogP contribution < -0.4 is 5.32 Å². The molecule has 2 aromatic rings. The monoisotopic (exact) mass is 199 g/mol. The summed E-state index contributed by atoms with van der Waals surface area (Å²) in [6.07, 6.45) is 1.58. The second-order valence-electron chi connectivity index (χ2n) is 3.54. The zero-order valence-electron chi connectivity index (χ0n) is 7.99. The van der Waals surface area contributed by atoms with Crippen molar-refractivity contribution < 1.29 is 9.21 Å². The van der Waals surface area contributed by atoms with E-state index in [4.69, 9.17) is 4.42 Å². The summed E-state index contributed by atoms with van der Waals surface area (Å²) in [6.45, 7) is 0.554. The van der Waals surface area contributed by atoms with Gasteiger partial charge in [-0.15, -0.1) is 0 Å². The molecule has 1 amide bonds. The normalized spacial score (nSPS) is 15.5. The molecule has 2 heterocycles. The first kappa shape index (κ1) is 8.29. The van der Waals surface area contributed by atoms with Gasteiger partial charge in [-0.05, 0) is 12.1 Å². The molecule has 1 aromatic heterocycles. The van der Waals surface area contributed by atoms with Gasteiger partial charge in [0, 0.05) is 23.6 Å². The van der Waals surface area contributed by atoms with Crippen LogP contribution in [0, 0.1) is 0 Å². The molecule has 15 heavy (non-hydrogen) atoms. The zero-order valence-corrected chi connectivity index (χ0v) is 7.99. The topological polar surface area (TPSA) is 42.2 Å². The number of nitrogens with one attached hydrogen (secondary N) is 1. The Bertz CT molecular complexity index is 533. The van der Waals surface area contributed by atoms with Gasteiger partial charge in [0.1, 0.15) is 11.3 Å². The number of furan rings is 1. The predicted molar refractivity (Wildman–Crippen MR) is 57.2 cm³/mol. The van der Waals surface area contributed by atoms with Gasteiger partial charge in [0.05, 0.1) is 0 Å². The fourth-order valence-electron chi connectivity index (χ4n) is 1.74. The van der Waals surface area contributed by atoms with Crippen LogP contribution in [0.25, 0.3) is 16.5 Å². The van der Waals surface area contributed by atoms with Crippen LogP contribution in [-0.4, -0.2) is 12.5 Å². The van der Waals surface area contributed by atoms with Crippen LogP contribution in [0.3, 0.4) is 0 Å². The molecule has 1 N–H and O–H groups in total. The van der Waals surface area contributed by atoms with Crippen molar-refractivity contribution in [3.8, 4) is 0 Å². The summed E-state index contributed by atoms with van der Waals surface area (Å²) in [4.78, 5) is 11.0. The summed E-state index contributed by atoms with van der Waals surface area (Å²) in [7, 11) is 0. The lowest BCUT2D eigenvalue weighted by Crippen LogP contribution is -2.14. The minimum atomic E-state index is -0.0505. The number of carbonyl (C=O) groups is 1. The maximum atomic E-state index is 11.0. The molecular formula is C12H9NO2. The Labute approximate surface area is 86.4 Å². The summed E-state index contributed by atoms with van der Waals surface area (Å²) >= 11 is 0. The van der Waals surface area contributed by atoms with E-state index in [1.54, 1.807) is 6.08 Å². The lowest BCUT2D eigenvalue weighted by molar-refractivity contribution is -0.115. The molecule has 0 spiro atoms. The Morgan fingerprint density at radius 2 is 2.13 bits per heavy atom. The number of hydrogen-bond donors (Lipinski definition) is 1. The largest absolute Gasteiger partial charge is 0.456 e. The van der Waals surface area contributed by atoms with Crippen molar-refractivity contribution >= 4 is 22.4 Å². The smallest absolute Gasteiger partial charge is 0.244 e. The van der Waals surface area contributed by atoms with Crippen molar-refractivity contribution in [2.75, 3.05) is 6.54 Å². The zero-order chi connectivity index (χ0) is 10.3. The van der Waals surface area contributed by atoms with E-state index in [0.717, 1.165) is 22.3 Å². The Balaban J connectivity index is 2.12. The minimum absolute atomic E-state index is 0.0505. The van der Waals surface area contributed by atoms with Crippen molar-refractivity contribution in [3.63, 3.8) is 0 Å². The number of rotatable bonds is 1. The van der Waals surface area contributed by atoms with Crippen molar-refractivity contribution in [1.29, 1.82) is 0 Å². The second-order valence-corrected chi connectivity index (χ2v) is 3.54. The maximum absolute atomic E-state index is 11.0. The van der Waals surface area contributed by atoms with E-state index in [1.807, 2.05) is 30.3 Å². The van der Waals surface area contributed by atoms with E-state index in [1.165, 1.54) is 0 Å². The Kier molecular flexibility index (Phi) is 1.65. The molecule has 3 heteroatoms. The van der Waals surface area contributed by atoms with Gasteiger partial charge in [0.25, 0.3) is 0 Å². The van der Waals surface area contributed by atoms with Gasteiger partial charge in [-0.2, -0.15) is 0 Å². The Hall–Kier alpha value is -2.03. The fraction of sp³-hybridized carbons (Fsp3) is 0.0833. The summed E-state index contributed by atoms with van der Waals surface area (Å²) in [5, 5.41) is 3.78. The molecule has 3 nitrogen and oxygen atoms in total. The van der Waals surface area contributed by atoms with E-state index in [2.05, 4.69) is 5.32 Å². The number of hydrogen-bond acceptors (Lipinski definition) is 2. The molecule has 74 valence electrons. The molecule has 0 fully saturated rings. The third-order valence-electron chi connectivity index (χ3n) is 2.50. The molecule has 0 saturated carbocycles. The standard InChI is InChI=1S/C12H9NO2/c14-12-6-9(7-13-12)11-5-8-3-1-2-4-10(8)15-11/h1-6H,7H2,(H,13,14). The van der Waals surface area contributed by atoms with Crippen molar-refractivity contribution in [1.82, 2.24) is 5.32 Å². The molecule has 1 aliphatic heterocycles. The van der Waals surface area contributed by atoms with Gasteiger partial charge in [-0.3, -0.25) is 4.79 Å². The molecule has 0 saturated heterocycles. The third kappa shape index (κ3) is 1.32. The molecule has 0 aliphatic carbocycles. The van der Waals surface area contributed by atoms with Crippen LogP contribution in [-0.2, 0) is 4.79 Å². The van der Waals surface area contributed by atoms with Gasteiger partial charge in [-0.25, -0.2) is 0 Å². The van der Waals surface area contributed by atoms with Gasteiger partial charge >= 0.3 is 0 Å². The minimum Gasteiger partial charge on any atom is -0.456 e. The van der Waals surface area contributed by atoms with E-state index in [-0.39, 0.29) is 5.91 Å². The van der Waals surface area contributed by atoms with Crippen molar-refractivity contribution in [2.24, 2.45) is 0 Å². The number of amides is 1. The van der Waals surface area contributed by atoms with Crippen LogP contribution in [0.1, 0.15) is 5.76 Å². The van der Waals surface area contributed by atoms with Gasteiger partial charge in [0.15, 0.2) is 0 Å². The number of fused-ring (bicyclic) bond motifs is 1. The van der Waals surface area contributed by atoms with E-state index >= 15 is 0 Å². The number of benzene rings is 1. The number of carbonyl (C=O) groups excluding carboxylic acids is 1. The van der Waals surface area contributed by atoms with Gasteiger partial charge < -0.3 is 9.73 Å². The SMILES string of the molecule is O=C1C=C(c2cc3ccccc3o2)CN1. The molecule has 1 aliphatic rings. The molecular weight excluding hydrogens is 190 g/mol. The van der Waals surface area contributed by atoms with Crippen molar-refractivity contribution in [2.45, 2.75) is 0 Å². The van der Waals surface area contributed by atoms with Crippen LogP contribution in [0.4, 0.5) is 0 Å². The molecule has 0 bridgehead atoms. The molecule has 3 rings (SSSR count). The summed E-state index contributed by atoms with van der Waals surface area (Å²) in [5.74, 6) is 0.722. The van der Waals surface area contributed by atoms with Crippen LogP contribution in [0.15, 0.2) is 40.8 Å². The van der Waals surface area contributed by atoms with E-state index < -0.39 is 0 Å². The Morgan fingerprint density at radius 3 is 2.87 bits per heavy atom. The third-order valence-corrected chi connectivity index (χ3v) is 2.50. The molecule has 0 radical (unpaired) electrons. The highest BCUT2D eigenvalue weighted by Gasteiger charge is 2.15. The highest BCUT2D eigenvalue weighted by molar-refractivity contribution is 6.00. The van der Waals surface area contributed by atoms with Gasteiger partial charge in [0.2, 0.25) is 5.91 Å². The lowest BCUT2D eigenvalue weighted by atomic mass is 10.2. The highest BCUT2D eigenvalue weighted by Crippen LogP contribution is 2.25.